The Labute approximate surface area is 197 Å². The van der Waals surface area contributed by atoms with E-state index in [9.17, 15) is 4.79 Å². The van der Waals surface area contributed by atoms with Gasteiger partial charge >= 0.3 is 0 Å². The summed E-state index contributed by atoms with van der Waals surface area (Å²) in [4.78, 5) is 15.7. The van der Waals surface area contributed by atoms with Crippen LogP contribution in [0.4, 0.5) is 0 Å². The summed E-state index contributed by atoms with van der Waals surface area (Å²) in [6.07, 6.45) is 5.72. The van der Waals surface area contributed by atoms with E-state index in [-0.39, 0.29) is 23.5 Å². The number of benzene rings is 2. The number of carbonyl (C=O) groups is 1. The van der Waals surface area contributed by atoms with E-state index in [1.807, 2.05) is 43.5 Å². The minimum atomic E-state index is -0.0395. The van der Waals surface area contributed by atoms with Crippen molar-refractivity contribution in [1.29, 1.82) is 0 Å². The summed E-state index contributed by atoms with van der Waals surface area (Å²) in [6, 6.07) is 18.2. The fourth-order valence-electron chi connectivity index (χ4n) is 6.25. The topological polar surface area (TPSA) is 50.8 Å². The Bertz CT molecular complexity index is 961. The van der Waals surface area contributed by atoms with Crippen molar-refractivity contribution in [3.63, 3.8) is 0 Å². The summed E-state index contributed by atoms with van der Waals surface area (Å²) < 4.78 is 11.7. The molecule has 1 N–H and O–H groups in total. The monoisotopic (exact) mass is 448 g/mol. The van der Waals surface area contributed by atoms with Gasteiger partial charge in [-0.05, 0) is 74.4 Å². The molecule has 1 aliphatic heterocycles. The van der Waals surface area contributed by atoms with Crippen LogP contribution in [0.3, 0.4) is 0 Å². The van der Waals surface area contributed by atoms with Gasteiger partial charge in [-0.15, -0.1) is 0 Å². The molecule has 2 saturated carbocycles. The molecule has 5 nitrogen and oxygen atoms in total. The van der Waals surface area contributed by atoms with Gasteiger partial charge in [0.1, 0.15) is 5.75 Å². The number of hydrogen-bond acceptors (Lipinski definition) is 4. The average molecular weight is 449 g/mol. The number of rotatable bonds is 7. The fraction of sp³-hybridized carbons (Fsp3) is 0.536. The average Bonchev–Trinajstić information content (AvgIpc) is 3.68. The number of hydrogen-bond donors (Lipinski definition) is 1. The summed E-state index contributed by atoms with van der Waals surface area (Å²) >= 11 is 0. The summed E-state index contributed by atoms with van der Waals surface area (Å²) in [7, 11) is 3.57. The molecule has 4 atom stereocenters. The molecule has 0 radical (unpaired) electrons. The van der Waals surface area contributed by atoms with Crippen molar-refractivity contribution < 1.29 is 14.3 Å². The standard InChI is InChI=1S/C28H36N2O3/c1-32-24-10-6-9-22(15-24)28-13-14-30(18-20-11-12-20)19-25(28)26(33-2)16-23(17-28)29-27(31)21-7-4-3-5-8-21/h3-10,15,20,23,25-26H,11-14,16-19H2,1-2H3,(H,29,31)/t23-,25-,26?,28-/m0/s1. The molecule has 3 fully saturated rings. The van der Waals surface area contributed by atoms with Gasteiger partial charge in [0.15, 0.2) is 0 Å². The zero-order valence-corrected chi connectivity index (χ0v) is 19.8. The normalized spacial score (nSPS) is 29.8. The Morgan fingerprint density at radius 1 is 1.12 bits per heavy atom. The zero-order chi connectivity index (χ0) is 22.8. The lowest BCUT2D eigenvalue weighted by Crippen LogP contribution is -2.61. The van der Waals surface area contributed by atoms with Crippen LogP contribution in [0.2, 0.25) is 0 Å². The molecule has 0 bridgehead atoms. The summed E-state index contributed by atoms with van der Waals surface area (Å²) in [5, 5.41) is 3.35. The lowest BCUT2D eigenvalue weighted by molar-refractivity contribution is -0.0678. The first kappa shape index (κ1) is 22.4. The molecule has 1 unspecified atom stereocenters. The van der Waals surface area contributed by atoms with Crippen LogP contribution >= 0.6 is 0 Å². The number of piperidine rings is 1. The number of likely N-dealkylation sites (tertiary alicyclic amines) is 1. The van der Waals surface area contributed by atoms with Gasteiger partial charge in [-0.1, -0.05) is 30.3 Å². The van der Waals surface area contributed by atoms with Crippen LogP contribution in [0.5, 0.6) is 5.75 Å². The maximum Gasteiger partial charge on any atom is 0.251 e. The number of nitrogens with zero attached hydrogens (tertiary/aromatic N) is 1. The second kappa shape index (κ2) is 9.47. The first-order chi connectivity index (χ1) is 16.1. The van der Waals surface area contributed by atoms with Crippen molar-refractivity contribution in [3.8, 4) is 5.75 Å². The maximum atomic E-state index is 13.0. The smallest absolute Gasteiger partial charge is 0.251 e. The highest BCUT2D eigenvalue weighted by Gasteiger charge is 2.53. The van der Waals surface area contributed by atoms with Crippen molar-refractivity contribution in [2.75, 3.05) is 33.9 Å². The van der Waals surface area contributed by atoms with Crippen molar-refractivity contribution in [2.24, 2.45) is 11.8 Å². The van der Waals surface area contributed by atoms with E-state index in [1.165, 1.54) is 24.9 Å². The second-order valence-corrected chi connectivity index (χ2v) is 10.2. The summed E-state index contributed by atoms with van der Waals surface area (Å²) in [5.74, 6) is 2.18. The highest BCUT2D eigenvalue weighted by Crippen LogP contribution is 2.51. The largest absolute Gasteiger partial charge is 0.497 e. The Morgan fingerprint density at radius 2 is 1.94 bits per heavy atom. The van der Waals surface area contributed by atoms with Crippen molar-refractivity contribution >= 4 is 5.91 Å². The molecular weight excluding hydrogens is 412 g/mol. The van der Waals surface area contributed by atoms with Gasteiger partial charge in [0.25, 0.3) is 5.91 Å². The van der Waals surface area contributed by atoms with Gasteiger partial charge in [0.2, 0.25) is 0 Å². The van der Waals surface area contributed by atoms with Gasteiger partial charge < -0.3 is 19.7 Å². The van der Waals surface area contributed by atoms with Crippen LogP contribution in [0.15, 0.2) is 54.6 Å². The molecule has 1 saturated heterocycles. The van der Waals surface area contributed by atoms with Gasteiger partial charge in [0.05, 0.1) is 13.2 Å². The first-order valence-corrected chi connectivity index (χ1v) is 12.4. The number of nitrogens with one attached hydrogen (secondary N) is 1. The third-order valence-electron chi connectivity index (χ3n) is 8.15. The zero-order valence-electron chi connectivity index (χ0n) is 19.8. The molecule has 2 aromatic rings. The molecule has 5 rings (SSSR count). The number of methoxy groups -OCH3 is 2. The van der Waals surface area contributed by atoms with Crippen LogP contribution in [0.1, 0.15) is 48.0 Å². The van der Waals surface area contributed by atoms with E-state index in [4.69, 9.17) is 9.47 Å². The highest BCUT2D eigenvalue weighted by atomic mass is 16.5. The fourth-order valence-corrected chi connectivity index (χ4v) is 6.25. The lowest BCUT2D eigenvalue weighted by atomic mass is 9.57. The van der Waals surface area contributed by atoms with Crippen LogP contribution < -0.4 is 10.1 Å². The molecule has 33 heavy (non-hydrogen) atoms. The first-order valence-electron chi connectivity index (χ1n) is 12.4. The third-order valence-corrected chi connectivity index (χ3v) is 8.15. The van der Waals surface area contributed by atoms with Crippen molar-refractivity contribution in [2.45, 2.75) is 49.7 Å². The molecule has 0 aromatic heterocycles. The number of fused-ring (bicyclic) bond motifs is 1. The number of amides is 1. The summed E-state index contributed by atoms with van der Waals surface area (Å²) in [5.41, 5.74) is 1.99. The van der Waals surface area contributed by atoms with E-state index < -0.39 is 0 Å². The maximum absolute atomic E-state index is 13.0. The van der Waals surface area contributed by atoms with E-state index in [0.29, 0.717) is 11.5 Å². The van der Waals surface area contributed by atoms with Crippen LogP contribution in [0, 0.1) is 11.8 Å². The molecule has 3 aliphatic rings. The van der Waals surface area contributed by atoms with Gasteiger partial charge in [0, 0.05) is 43.1 Å². The molecule has 1 amide bonds. The molecule has 2 aromatic carbocycles. The molecule has 0 spiro atoms. The van der Waals surface area contributed by atoms with Gasteiger partial charge in [-0.25, -0.2) is 0 Å². The SMILES string of the molecule is COc1cccc([C@@]23CCN(CC4CC4)C[C@H]2C(OC)C[C@H](NC(=O)c2ccccc2)C3)c1. The Kier molecular flexibility index (Phi) is 6.44. The van der Waals surface area contributed by atoms with Crippen LogP contribution in [-0.4, -0.2) is 56.8 Å². The van der Waals surface area contributed by atoms with E-state index in [2.05, 4.69) is 28.4 Å². The van der Waals surface area contributed by atoms with Crippen LogP contribution in [-0.2, 0) is 10.2 Å². The van der Waals surface area contributed by atoms with Gasteiger partial charge in [-0.3, -0.25) is 4.79 Å². The Morgan fingerprint density at radius 3 is 2.67 bits per heavy atom. The van der Waals surface area contributed by atoms with E-state index in [1.54, 1.807) is 7.11 Å². The van der Waals surface area contributed by atoms with Crippen molar-refractivity contribution in [3.05, 3.63) is 65.7 Å². The Hall–Kier alpha value is -2.37. The predicted octanol–water partition coefficient (Wildman–Crippen LogP) is 4.27. The molecular formula is C28H36N2O3. The Balaban J connectivity index is 1.45. The molecule has 176 valence electrons. The number of ether oxygens (including phenoxy) is 2. The molecule has 5 heteroatoms. The quantitative estimate of drug-likeness (QED) is 0.687. The van der Waals surface area contributed by atoms with Crippen LogP contribution in [0.25, 0.3) is 0 Å². The van der Waals surface area contributed by atoms with E-state index in [0.717, 1.165) is 44.0 Å². The van der Waals surface area contributed by atoms with Gasteiger partial charge in [-0.2, -0.15) is 0 Å². The lowest BCUT2D eigenvalue weighted by Gasteiger charge is -2.55. The van der Waals surface area contributed by atoms with E-state index >= 15 is 0 Å². The minimum Gasteiger partial charge on any atom is -0.497 e. The second-order valence-electron chi connectivity index (χ2n) is 10.2. The minimum absolute atomic E-state index is 0.000801. The highest BCUT2D eigenvalue weighted by molar-refractivity contribution is 5.94. The van der Waals surface area contributed by atoms with Crippen molar-refractivity contribution in [1.82, 2.24) is 10.2 Å². The summed E-state index contributed by atoms with van der Waals surface area (Å²) in [6.45, 7) is 3.38. The molecule has 2 aliphatic carbocycles. The molecule has 1 heterocycles. The predicted molar refractivity (Wildman–Crippen MR) is 130 cm³/mol. The number of carbonyl (C=O) groups excluding carboxylic acids is 1. The third kappa shape index (κ3) is 4.67.